The zero-order valence-corrected chi connectivity index (χ0v) is 18.1. The van der Waals surface area contributed by atoms with Crippen molar-refractivity contribution in [3.8, 4) is 11.4 Å². The van der Waals surface area contributed by atoms with Gasteiger partial charge in [-0.25, -0.2) is 0 Å². The molecule has 0 radical (unpaired) electrons. The van der Waals surface area contributed by atoms with E-state index < -0.39 is 0 Å². The smallest absolute Gasteiger partial charge is 0.240 e. The molecule has 1 aliphatic heterocycles. The summed E-state index contributed by atoms with van der Waals surface area (Å²) in [6.45, 7) is 2.73. The fourth-order valence-corrected chi connectivity index (χ4v) is 5.44. The van der Waals surface area contributed by atoms with Crippen LogP contribution in [0.25, 0.3) is 22.3 Å². The summed E-state index contributed by atoms with van der Waals surface area (Å²) in [5, 5.41) is 10.8. The SMILES string of the molecule is C[C@@H](Sc1nnc(-c2c[nH]c3ccccc23)n1C1CC1)C(=O)N1CCc2ccccc21. The Hall–Kier alpha value is -3.06. The van der Waals surface area contributed by atoms with Gasteiger partial charge >= 0.3 is 0 Å². The van der Waals surface area contributed by atoms with Crippen LogP contribution >= 0.6 is 11.8 Å². The monoisotopic (exact) mass is 429 g/mol. The molecular weight excluding hydrogens is 406 g/mol. The molecule has 0 saturated heterocycles. The second-order valence-corrected chi connectivity index (χ2v) is 9.59. The summed E-state index contributed by atoms with van der Waals surface area (Å²) in [7, 11) is 0. The number of anilines is 1. The van der Waals surface area contributed by atoms with Crippen LogP contribution < -0.4 is 4.90 Å². The number of rotatable bonds is 5. The number of hydrogen-bond acceptors (Lipinski definition) is 4. The average Bonchev–Trinajstić information content (AvgIpc) is 3.22. The number of thioether (sulfide) groups is 1. The third-order valence-corrected chi connectivity index (χ3v) is 7.23. The second kappa shape index (κ2) is 7.27. The van der Waals surface area contributed by atoms with Gasteiger partial charge in [-0.2, -0.15) is 0 Å². The zero-order valence-electron chi connectivity index (χ0n) is 17.3. The molecule has 1 saturated carbocycles. The molecule has 2 aromatic carbocycles. The van der Waals surface area contributed by atoms with E-state index in [0.717, 1.165) is 58.9 Å². The van der Waals surface area contributed by atoms with Crippen molar-refractivity contribution in [2.45, 2.75) is 42.6 Å². The van der Waals surface area contributed by atoms with Crippen LogP contribution in [0.1, 0.15) is 31.4 Å². The zero-order chi connectivity index (χ0) is 20.9. The maximum Gasteiger partial charge on any atom is 0.240 e. The van der Waals surface area contributed by atoms with Crippen LogP contribution in [0.2, 0.25) is 0 Å². The largest absolute Gasteiger partial charge is 0.360 e. The van der Waals surface area contributed by atoms with Crippen molar-refractivity contribution >= 4 is 34.3 Å². The van der Waals surface area contributed by atoms with Gasteiger partial charge in [0.15, 0.2) is 11.0 Å². The molecule has 0 unspecified atom stereocenters. The van der Waals surface area contributed by atoms with E-state index in [1.165, 1.54) is 17.3 Å². The number of fused-ring (bicyclic) bond motifs is 2. The van der Waals surface area contributed by atoms with E-state index in [0.29, 0.717) is 6.04 Å². The third kappa shape index (κ3) is 3.15. The molecule has 4 aromatic rings. The van der Waals surface area contributed by atoms with Crippen LogP contribution in [-0.2, 0) is 11.2 Å². The summed E-state index contributed by atoms with van der Waals surface area (Å²) < 4.78 is 2.24. The first-order valence-corrected chi connectivity index (χ1v) is 11.7. The average molecular weight is 430 g/mol. The summed E-state index contributed by atoms with van der Waals surface area (Å²) >= 11 is 1.52. The maximum absolute atomic E-state index is 13.3. The van der Waals surface area contributed by atoms with Gasteiger partial charge in [-0.05, 0) is 43.9 Å². The van der Waals surface area contributed by atoms with Crippen molar-refractivity contribution in [3.63, 3.8) is 0 Å². The molecule has 7 heteroatoms. The molecule has 156 valence electrons. The summed E-state index contributed by atoms with van der Waals surface area (Å²) in [6, 6.07) is 16.8. The lowest BCUT2D eigenvalue weighted by atomic mass is 10.1. The van der Waals surface area contributed by atoms with E-state index in [2.05, 4.69) is 37.9 Å². The van der Waals surface area contributed by atoms with Crippen molar-refractivity contribution in [2.75, 3.05) is 11.4 Å². The quantitative estimate of drug-likeness (QED) is 0.462. The van der Waals surface area contributed by atoms with Crippen LogP contribution in [0.3, 0.4) is 0 Å². The molecule has 31 heavy (non-hydrogen) atoms. The van der Waals surface area contributed by atoms with Crippen molar-refractivity contribution in [1.29, 1.82) is 0 Å². The van der Waals surface area contributed by atoms with Gasteiger partial charge in [0.1, 0.15) is 0 Å². The van der Waals surface area contributed by atoms with Crippen molar-refractivity contribution < 1.29 is 4.79 Å². The Balaban J connectivity index is 1.30. The van der Waals surface area contributed by atoms with Crippen LogP contribution in [0.5, 0.6) is 0 Å². The first-order chi connectivity index (χ1) is 15.2. The predicted molar refractivity (Wildman–Crippen MR) is 123 cm³/mol. The number of benzene rings is 2. The fourth-order valence-electron chi connectivity index (χ4n) is 4.45. The van der Waals surface area contributed by atoms with Crippen molar-refractivity contribution in [3.05, 3.63) is 60.3 Å². The highest BCUT2D eigenvalue weighted by Gasteiger charge is 2.34. The van der Waals surface area contributed by atoms with Gasteiger partial charge in [0.25, 0.3) is 0 Å². The number of nitrogens with one attached hydrogen (secondary N) is 1. The Morgan fingerprint density at radius 2 is 1.94 bits per heavy atom. The topological polar surface area (TPSA) is 66.8 Å². The molecule has 1 amide bonds. The molecule has 2 aliphatic rings. The first-order valence-electron chi connectivity index (χ1n) is 10.8. The molecular formula is C24H23N5OS. The van der Waals surface area contributed by atoms with Crippen molar-refractivity contribution in [1.82, 2.24) is 19.7 Å². The van der Waals surface area contributed by atoms with E-state index in [-0.39, 0.29) is 11.2 Å². The van der Waals surface area contributed by atoms with E-state index in [4.69, 9.17) is 0 Å². The van der Waals surface area contributed by atoms with Gasteiger partial charge in [0, 0.05) is 40.9 Å². The minimum Gasteiger partial charge on any atom is -0.360 e. The molecule has 2 aromatic heterocycles. The van der Waals surface area contributed by atoms with Gasteiger partial charge in [-0.3, -0.25) is 9.36 Å². The van der Waals surface area contributed by atoms with Crippen LogP contribution in [0.15, 0.2) is 59.9 Å². The highest BCUT2D eigenvalue weighted by atomic mass is 32.2. The molecule has 1 fully saturated rings. The summed E-state index contributed by atoms with van der Waals surface area (Å²) in [6.07, 6.45) is 5.19. The minimum absolute atomic E-state index is 0.133. The molecule has 6 nitrogen and oxygen atoms in total. The van der Waals surface area contributed by atoms with Gasteiger partial charge < -0.3 is 9.88 Å². The Bertz CT molecular complexity index is 1290. The maximum atomic E-state index is 13.3. The number of carbonyl (C=O) groups is 1. The summed E-state index contributed by atoms with van der Waals surface area (Å²) in [5.41, 5.74) is 4.45. The van der Waals surface area contributed by atoms with Crippen LogP contribution in [-0.4, -0.2) is 37.5 Å². The number of nitrogens with zero attached hydrogens (tertiary/aromatic N) is 4. The van der Waals surface area contributed by atoms with Gasteiger partial charge in [0.2, 0.25) is 5.91 Å². The summed E-state index contributed by atoms with van der Waals surface area (Å²) in [4.78, 5) is 18.5. The molecule has 0 bridgehead atoms. The highest BCUT2D eigenvalue weighted by Crippen LogP contribution is 2.43. The first kappa shape index (κ1) is 18.7. The highest BCUT2D eigenvalue weighted by molar-refractivity contribution is 8.00. The molecule has 0 spiro atoms. The lowest BCUT2D eigenvalue weighted by molar-refractivity contribution is -0.117. The van der Waals surface area contributed by atoms with E-state index in [1.807, 2.05) is 48.4 Å². The molecule has 1 N–H and O–H groups in total. The lowest BCUT2D eigenvalue weighted by Crippen LogP contribution is -2.35. The van der Waals surface area contributed by atoms with Crippen LogP contribution in [0.4, 0.5) is 5.69 Å². The number of hydrogen-bond donors (Lipinski definition) is 1. The normalized spacial score (nSPS) is 16.6. The predicted octanol–water partition coefficient (Wildman–Crippen LogP) is 4.83. The number of H-pyrrole nitrogens is 1. The summed E-state index contributed by atoms with van der Waals surface area (Å²) in [5.74, 6) is 1.02. The van der Waals surface area contributed by atoms with Gasteiger partial charge in [-0.1, -0.05) is 48.2 Å². The van der Waals surface area contributed by atoms with E-state index >= 15 is 0 Å². The molecule has 1 atom stereocenters. The fraction of sp³-hybridized carbons (Fsp3) is 0.292. The Morgan fingerprint density at radius 1 is 1.13 bits per heavy atom. The molecule has 3 heterocycles. The number of aromatic amines is 1. The number of amides is 1. The lowest BCUT2D eigenvalue weighted by Gasteiger charge is -2.21. The van der Waals surface area contributed by atoms with Crippen molar-refractivity contribution in [2.24, 2.45) is 0 Å². The molecule has 6 rings (SSSR count). The number of para-hydroxylation sites is 2. The third-order valence-electron chi connectivity index (χ3n) is 6.19. The van der Waals surface area contributed by atoms with E-state index in [1.54, 1.807) is 0 Å². The Kier molecular flexibility index (Phi) is 4.38. The number of carbonyl (C=O) groups excluding carboxylic acids is 1. The van der Waals surface area contributed by atoms with E-state index in [9.17, 15) is 4.79 Å². The second-order valence-electron chi connectivity index (χ2n) is 8.28. The van der Waals surface area contributed by atoms with Crippen LogP contribution in [0, 0.1) is 0 Å². The molecule has 1 aliphatic carbocycles. The number of aromatic nitrogens is 4. The minimum atomic E-state index is -0.233. The van der Waals surface area contributed by atoms with Gasteiger partial charge in [0.05, 0.1) is 5.25 Å². The Labute approximate surface area is 184 Å². The standard InChI is InChI=1S/C24H23N5OS/c1-15(23(30)28-13-12-16-6-2-5-9-21(16)28)31-24-27-26-22(29(24)17-10-11-17)19-14-25-20-8-4-3-7-18(19)20/h2-9,14-15,17,25H,10-13H2,1H3/t15-/m1/s1. The Morgan fingerprint density at radius 3 is 2.81 bits per heavy atom. The van der Waals surface area contributed by atoms with Gasteiger partial charge in [-0.15, -0.1) is 10.2 Å².